The van der Waals surface area contributed by atoms with Gasteiger partial charge in [0.1, 0.15) is 11.4 Å². The lowest BCUT2D eigenvalue weighted by atomic mass is 9.88. The molecule has 7 heteroatoms. The Morgan fingerprint density at radius 2 is 1.79 bits per heavy atom. The molecule has 1 amide bonds. The smallest absolute Gasteiger partial charge is 0.253 e. The number of benzene rings is 1. The highest BCUT2D eigenvalue weighted by Crippen LogP contribution is 2.36. The van der Waals surface area contributed by atoms with Gasteiger partial charge in [-0.1, -0.05) is 76.6 Å². The molecule has 0 bridgehead atoms. The quantitative estimate of drug-likeness (QED) is 0.366. The van der Waals surface area contributed by atoms with Gasteiger partial charge in [-0.3, -0.25) is 14.1 Å². The van der Waals surface area contributed by atoms with E-state index in [9.17, 15) is 4.79 Å². The first-order valence-electron chi connectivity index (χ1n) is 12.8. The predicted molar refractivity (Wildman–Crippen MR) is 145 cm³/mol. The van der Waals surface area contributed by atoms with Gasteiger partial charge in [-0.15, -0.1) is 0 Å². The number of aliphatic imine (C=N–C) groups is 1. The molecule has 0 unspecified atom stereocenters. The van der Waals surface area contributed by atoms with Crippen molar-refractivity contribution >= 4 is 41.0 Å². The molecule has 4 rings (SSSR count). The third-order valence-corrected chi connectivity index (χ3v) is 8.33. The van der Waals surface area contributed by atoms with E-state index in [1.807, 2.05) is 52.6 Å². The molecule has 2 fully saturated rings. The van der Waals surface area contributed by atoms with E-state index >= 15 is 0 Å². The van der Waals surface area contributed by atoms with Crippen LogP contribution < -0.4 is 11.1 Å². The minimum atomic E-state index is -0.509. The third kappa shape index (κ3) is 6.89. The lowest BCUT2D eigenvalue weighted by Gasteiger charge is -2.34. The number of amides is 1. The molecule has 5 nitrogen and oxygen atoms in total. The molecule has 2 heterocycles. The van der Waals surface area contributed by atoms with Gasteiger partial charge in [0, 0.05) is 24.8 Å². The fourth-order valence-corrected chi connectivity index (χ4v) is 5.93. The number of carbonyl (C=O) groups excluding carboxylic acids is 1. The van der Waals surface area contributed by atoms with E-state index in [-0.39, 0.29) is 5.91 Å². The summed E-state index contributed by atoms with van der Waals surface area (Å²) < 4.78 is 2.39. The number of piperidine rings is 1. The van der Waals surface area contributed by atoms with Crippen molar-refractivity contribution in [3.8, 4) is 0 Å². The van der Waals surface area contributed by atoms with E-state index in [4.69, 9.17) is 22.3 Å². The lowest BCUT2D eigenvalue weighted by molar-refractivity contribution is -0.124. The third-order valence-electron chi connectivity index (χ3n) is 6.71. The minimum Gasteiger partial charge on any atom is -0.398 e. The summed E-state index contributed by atoms with van der Waals surface area (Å²) in [7, 11) is 0. The van der Waals surface area contributed by atoms with E-state index < -0.39 is 5.54 Å². The zero-order valence-corrected chi connectivity index (χ0v) is 22.7. The molecule has 2 aliphatic heterocycles. The highest BCUT2D eigenvalue weighted by Gasteiger charge is 2.46. The molecule has 1 aromatic rings. The van der Waals surface area contributed by atoms with Crippen LogP contribution in [0.15, 0.2) is 17.1 Å². The van der Waals surface area contributed by atoms with Gasteiger partial charge in [-0.25, -0.2) is 0 Å². The molecule has 3 aliphatic rings. The second kappa shape index (κ2) is 13.6. The molecule has 0 radical (unpaired) electrons. The summed E-state index contributed by atoms with van der Waals surface area (Å²) in [5.74, 6) is 2.58. The van der Waals surface area contributed by atoms with E-state index in [1.54, 1.807) is 0 Å². The maximum absolute atomic E-state index is 12.7. The molecule has 3 N–H and O–H groups in total. The number of nitrogens with two attached hydrogens (primary N) is 1. The Morgan fingerprint density at radius 3 is 2.42 bits per heavy atom. The number of anilines is 1. The lowest BCUT2D eigenvalue weighted by Crippen LogP contribution is -2.47. The number of nitrogen functional groups attached to an aromatic ring is 1. The Kier molecular flexibility index (Phi) is 11.5. The average molecular weight is 495 g/mol. The molecule has 1 aliphatic carbocycles. The van der Waals surface area contributed by atoms with Gasteiger partial charge in [0.2, 0.25) is 0 Å². The van der Waals surface area contributed by atoms with Crippen LogP contribution in [0.1, 0.15) is 83.8 Å². The summed E-state index contributed by atoms with van der Waals surface area (Å²) in [4.78, 5) is 17.7. The maximum Gasteiger partial charge on any atom is 0.253 e. The maximum atomic E-state index is 12.7. The number of rotatable bonds is 5. The summed E-state index contributed by atoms with van der Waals surface area (Å²) in [6, 6.07) is 3.97. The number of aryl methyl sites for hydroxylation is 1. The Morgan fingerprint density at radius 1 is 1.15 bits per heavy atom. The first kappa shape index (κ1) is 28.0. The standard InChI is InChI=1S/C22H31ClN4OS.2C2H6/c1-15-16(7-8-18(24)19(15)23)9-14-29-27-12-10-22(11-13-27)21(28)25-20(26-22)17-5-3-2-4-6-17;2*1-2/h7-8,17H,2-6,9-14,24H2,1H3,(H,25,26,28);2*1-2H3. The van der Waals surface area contributed by atoms with Gasteiger partial charge < -0.3 is 11.1 Å². The van der Waals surface area contributed by atoms with Gasteiger partial charge in [0.25, 0.3) is 5.91 Å². The molecule has 186 valence electrons. The number of nitrogens with zero attached hydrogens (tertiary/aromatic N) is 2. The summed E-state index contributed by atoms with van der Waals surface area (Å²) in [6.07, 6.45) is 8.77. The second-order valence-corrected chi connectivity index (χ2v) is 10.1. The summed E-state index contributed by atoms with van der Waals surface area (Å²) >= 11 is 8.13. The molecule has 1 spiro atoms. The summed E-state index contributed by atoms with van der Waals surface area (Å²) in [5, 5.41) is 3.82. The van der Waals surface area contributed by atoms with Crippen LogP contribution in [0.25, 0.3) is 0 Å². The SMILES string of the molecule is CC.CC.Cc1c(CCSN2CCC3(CC2)N=C(C2CCCCC2)NC3=O)ccc(N)c1Cl. The molecule has 33 heavy (non-hydrogen) atoms. The molecular weight excluding hydrogens is 452 g/mol. The van der Waals surface area contributed by atoms with Crippen LogP contribution in [0.4, 0.5) is 5.69 Å². The van der Waals surface area contributed by atoms with Crippen LogP contribution in [0, 0.1) is 12.8 Å². The van der Waals surface area contributed by atoms with Gasteiger partial charge in [0.15, 0.2) is 0 Å². The molecule has 0 atom stereocenters. The van der Waals surface area contributed by atoms with Crippen LogP contribution in [0.2, 0.25) is 5.02 Å². The number of hydrogen-bond donors (Lipinski definition) is 2. The Hall–Kier alpha value is -1.24. The molecule has 1 aromatic carbocycles. The van der Waals surface area contributed by atoms with Crippen molar-refractivity contribution in [1.82, 2.24) is 9.62 Å². The van der Waals surface area contributed by atoms with Crippen LogP contribution >= 0.6 is 23.5 Å². The molecule has 1 saturated carbocycles. The van der Waals surface area contributed by atoms with Crippen molar-refractivity contribution < 1.29 is 4.79 Å². The van der Waals surface area contributed by atoms with E-state index in [0.717, 1.165) is 49.5 Å². The number of carbonyl (C=O) groups is 1. The van der Waals surface area contributed by atoms with Crippen LogP contribution in [-0.4, -0.2) is 40.4 Å². The predicted octanol–water partition coefficient (Wildman–Crippen LogP) is 6.42. The summed E-state index contributed by atoms with van der Waals surface area (Å²) in [6.45, 7) is 11.8. The van der Waals surface area contributed by atoms with Gasteiger partial charge in [-0.2, -0.15) is 0 Å². The fraction of sp³-hybridized carbons (Fsp3) is 0.692. The van der Waals surface area contributed by atoms with Crippen LogP contribution in [0.3, 0.4) is 0 Å². The first-order valence-corrected chi connectivity index (χ1v) is 14.1. The van der Waals surface area contributed by atoms with E-state index in [1.165, 1.54) is 37.7 Å². The van der Waals surface area contributed by atoms with Gasteiger partial charge in [0.05, 0.1) is 10.7 Å². The first-order chi connectivity index (χ1) is 16.0. The monoisotopic (exact) mass is 494 g/mol. The topological polar surface area (TPSA) is 70.7 Å². The highest BCUT2D eigenvalue weighted by molar-refractivity contribution is 7.97. The zero-order chi connectivity index (χ0) is 24.4. The minimum absolute atomic E-state index is 0.134. The largest absolute Gasteiger partial charge is 0.398 e. The van der Waals surface area contributed by atoms with Crippen molar-refractivity contribution in [3.63, 3.8) is 0 Å². The number of nitrogens with one attached hydrogen (secondary N) is 1. The molecular formula is C26H43ClN4OS. The van der Waals surface area contributed by atoms with Crippen molar-refractivity contribution in [1.29, 1.82) is 0 Å². The fourth-order valence-electron chi connectivity index (χ4n) is 4.74. The molecule has 0 aromatic heterocycles. The summed E-state index contributed by atoms with van der Waals surface area (Å²) in [5.41, 5.74) is 8.34. The van der Waals surface area contributed by atoms with Crippen molar-refractivity contribution in [2.24, 2.45) is 10.9 Å². The normalized spacial score (nSPS) is 20.3. The van der Waals surface area contributed by atoms with E-state index in [2.05, 4.69) is 15.7 Å². The zero-order valence-electron chi connectivity index (χ0n) is 21.2. The second-order valence-electron chi connectivity index (χ2n) is 8.58. The highest BCUT2D eigenvalue weighted by atomic mass is 35.5. The van der Waals surface area contributed by atoms with Gasteiger partial charge in [-0.05, 0) is 56.2 Å². The molecule has 1 saturated heterocycles. The number of halogens is 1. The van der Waals surface area contributed by atoms with Gasteiger partial charge >= 0.3 is 0 Å². The van der Waals surface area contributed by atoms with Crippen LogP contribution in [0.5, 0.6) is 0 Å². The van der Waals surface area contributed by atoms with Crippen LogP contribution in [-0.2, 0) is 11.2 Å². The Balaban J connectivity index is 0.000000914. The average Bonchev–Trinajstić information content (AvgIpc) is 3.19. The van der Waals surface area contributed by atoms with Crippen molar-refractivity contribution in [2.45, 2.75) is 91.5 Å². The Bertz CT molecular complexity index is 800. The van der Waals surface area contributed by atoms with Crippen molar-refractivity contribution in [2.75, 3.05) is 24.6 Å². The number of amidine groups is 1. The van der Waals surface area contributed by atoms with Crippen molar-refractivity contribution in [3.05, 3.63) is 28.3 Å². The van der Waals surface area contributed by atoms with E-state index in [0.29, 0.717) is 16.6 Å². The Labute approximate surface area is 210 Å². The number of hydrogen-bond acceptors (Lipinski definition) is 5.